The number of likely N-dealkylation sites (tertiary alicyclic amines) is 1. The van der Waals surface area contributed by atoms with Crippen LogP contribution in [0.3, 0.4) is 0 Å². The van der Waals surface area contributed by atoms with Crippen molar-refractivity contribution in [1.29, 1.82) is 0 Å². The van der Waals surface area contributed by atoms with Crippen molar-refractivity contribution in [2.45, 2.75) is 49.1 Å². The number of nitrogens with zero attached hydrogens (tertiary/aromatic N) is 1. The van der Waals surface area contributed by atoms with Crippen molar-refractivity contribution < 1.29 is 27.4 Å². The lowest BCUT2D eigenvalue weighted by Crippen LogP contribution is -2.31. The van der Waals surface area contributed by atoms with Crippen LogP contribution in [0.4, 0.5) is 0 Å². The molecule has 3 aliphatic rings. The minimum atomic E-state index is -3.77. The molecule has 1 N–H and O–H groups in total. The highest BCUT2D eigenvalue weighted by Gasteiger charge is 2.34. The van der Waals surface area contributed by atoms with Crippen LogP contribution in [0.2, 0.25) is 0 Å². The molecular weight excluding hydrogens is 444 g/mol. The van der Waals surface area contributed by atoms with Gasteiger partial charge in [-0.1, -0.05) is 6.07 Å². The van der Waals surface area contributed by atoms with Gasteiger partial charge < -0.3 is 19.1 Å². The number of rotatable bonds is 6. The highest BCUT2D eigenvalue weighted by molar-refractivity contribution is 7.89. The number of hydrogen-bond donors (Lipinski definition) is 1. The van der Waals surface area contributed by atoms with Crippen molar-refractivity contribution in [3.05, 3.63) is 47.5 Å². The van der Waals surface area contributed by atoms with E-state index in [2.05, 4.69) is 4.72 Å². The third-order valence-corrected chi connectivity index (χ3v) is 7.81. The summed E-state index contributed by atoms with van der Waals surface area (Å²) in [6, 6.07) is 10.3. The second-order valence-corrected chi connectivity index (χ2v) is 10.4. The average Bonchev–Trinajstić information content (AvgIpc) is 3.54. The smallest absolute Gasteiger partial charge is 0.254 e. The van der Waals surface area contributed by atoms with E-state index < -0.39 is 10.0 Å². The Balaban J connectivity index is 1.43. The predicted molar refractivity (Wildman–Crippen MR) is 121 cm³/mol. The van der Waals surface area contributed by atoms with Gasteiger partial charge in [0.1, 0.15) is 10.6 Å². The Kier molecular flexibility index (Phi) is 5.92. The van der Waals surface area contributed by atoms with Crippen LogP contribution in [-0.4, -0.2) is 52.1 Å². The molecule has 1 saturated heterocycles. The number of carbonyl (C=O) groups excluding carboxylic acids is 1. The van der Waals surface area contributed by atoms with Crippen LogP contribution >= 0.6 is 0 Å². The zero-order valence-electron chi connectivity index (χ0n) is 18.6. The number of benzene rings is 2. The number of amides is 1. The molecule has 1 amide bonds. The van der Waals surface area contributed by atoms with Crippen LogP contribution in [0.1, 0.15) is 54.1 Å². The van der Waals surface area contributed by atoms with Crippen LogP contribution in [0.5, 0.6) is 17.2 Å². The van der Waals surface area contributed by atoms with Gasteiger partial charge in [-0.25, -0.2) is 13.1 Å². The van der Waals surface area contributed by atoms with E-state index in [1.165, 1.54) is 13.2 Å². The maximum Gasteiger partial charge on any atom is 0.254 e. The summed E-state index contributed by atoms with van der Waals surface area (Å²) >= 11 is 0. The Labute approximate surface area is 193 Å². The fourth-order valence-electron chi connectivity index (χ4n) is 4.41. The molecule has 0 spiro atoms. The third-order valence-electron chi connectivity index (χ3n) is 6.27. The van der Waals surface area contributed by atoms with Crippen molar-refractivity contribution in [1.82, 2.24) is 9.62 Å². The fraction of sp³-hybridized carbons (Fsp3) is 0.458. The third kappa shape index (κ3) is 4.52. The molecule has 2 aromatic rings. The van der Waals surface area contributed by atoms with Gasteiger partial charge in [0, 0.05) is 24.6 Å². The molecule has 176 valence electrons. The van der Waals surface area contributed by atoms with E-state index in [1.807, 2.05) is 23.1 Å². The van der Waals surface area contributed by atoms with Crippen LogP contribution in [-0.2, 0) is 10.0 Å². The normalized spacial score (nSPS) is 20.4. The molecule has 1 atom stereocenters. The van der Waals surface area contributed by atoms with Crippen LogP contribution < -0.4 is 18.9 Å². The van der Waals surface area contributed by atoms with Crippen molar-refractivity contribution in [3.63, 3.8) is 0 Å². The summed E-state index contributed by atoms with van der Waals surface area (Å²) in [5, 5.41) is 0. The number of fused-ring (bicyclic) bond motifs is 1. The van der Waals surface area contributed by atoms with Crippen LogP contribution in [0, 0.1) is 0 Å². The lowest BCUT2D eigenvalue weighted by Gasteiger charge is -2.26. The Bertz CT molecular complexity index is 1160. The van der Waals surface area contributed by atoms with Gasteiger partial charge in [0.15, 0.2) is 11.5 Å². The van der Waals surface area contributed by atoms with E-state index >= 15 is 0 Å². The predicted octanol–water partition coefficient (Wildman–Crippen LogP) is 3.27. The quantitative estimate of drug-likeness (QED) is 0.694. The first kappa shape index (κ1) is 22.0. The van der Waals surface area contributed by atoms with Crippen molar-refractivity contribution in [3.8, 4) is 17.2 Å². The van der Waals surface area contributed by atoms with Gasteiger partial charge >= 0.3 is 0 Å². The molecule has 0 radical (unpaired) electrons. The molecule has 5 rings (SSSR count). The van der Waals surface area contributed by atoms with Crippen LogP contribution in [0.15, 0.2) is 41.3 Å². The summed E-state index contributed by atoms with van der Waals surface area (Å²) in [7, 11) is -2.35. The molecule has 0 bridgehead atoms. The molecule has 2 fully saturated rings. The van der Waals surface area contributed by atoms with Gasteiger partial charge in [-0.3, -0.25) is 4.79 Å². The zero-order valence-corrected chi connectivity index (χ0v) is 19.4. The summed E-state index contributed by atoms with van der Waals surface area (Å²) in [6.07, 6.45) is 4.18. The SMILES string of the molecule is COc1ccc(C(=O)N2CCC[C@@H]2c2ccc3c(c2)OCCCO3)cc1S(=O)(=O)NC1CC1. The maximum absolute atomic E-state index is 13.5. The zero-order chi connectivity index (χ0) is 23.0. The lowest BCUT2D eigenvalue weighted by molar-refractivity contribution is 0.0735. The molecule has 2 aliphatic heterocycles. The molecular formula is C24H28N2O6S. The molecule has 0 aromatic heterocycles. The second-order valence-electron chi connectivity index (χ2n) is 8.67. The van der Waals surface area contributed by atoms with Gasteiger partial charge in [-0.05, 0) is 61.6 Å². The molecule has 9 heteroatoms. The van der Waals surface area contributed by atoms with Gasteiger partial charge in [0.25, 0.3) is 5.91 Å². The summed E-state index contributed by atoms with van der Waals surface area (Å²) in [4.78, 5) is 15.3. The first-order chi connectivity index (χ1) is 16.0. The number of sulfonamides is 1. The molecule has 2 aromatic carbocycles. The molecule has 33 heavy (non-hydrogen) atoms. The summed E-state index contributed by atoms with van der Waals surface area (Å²) < 4.78 is 45.2. The number of ether oxygens (including phenoxy) is 3. The number of nitrogens with one attached hydrogen (secondary N) is 1. The fourth-order valence-corrected chi connectivity index (χ4v) is 5.91. The molecule has 8 nitrogen and oxygen atoms in total. The maximum atomic E-state index is 13.5. The van der Waals surface area contributed by atoms with Gasteiger partial charge in [-0.15, -0.1) is 0 Å². The minimum absolute atomic E-state index is 0.00548. The van der Waals surface area contributed by atoms with E-state index in [0.717, 1.165) is 43.4 Å². The highest BCUT2D eigenvalue weighted by atomic mass is 32.2. The van der Waals surface area contributed by atoms with Gasteiger partial charge in [0.05, 0.1) is 26.4 Å². The van der Waals surface area contributed by atoms with Gasteiger partial charge in [0.2, 0.25) is 10.0 Å². The number of carbonyl (C=O) groups is 1. The Hall–Kier alpha value is -2.78. The topological polar surface area (TPSA) is 94.2 Å². The van der Waals surface area contributed by atoms with E-state index in [0.29, 0.717) is 31.1 Å². The Morgan fingerprint density at radius 2 is 1.82 bits per heavy atom. The monoisotopic (exact) mass is 472 g/mol. The lowest BCUT2D eigenvalue weighted by atomic mass is 10.0. The van der Waals surface area contributed by atoms with E-state index in [9.17, 15) is 13.2 Å². The van der Waals surface area contributed by atoms with Gasteiger partial charge in [-0.2, -0.15) is 0 Å². The largest absolute Gasteiger partial charge is 0.495 e. The van der Waals surface area contributed by atoms with E-state index in [4.69, 9.17) is 14.2 Å². The van der Waals surface area contributed by atoms with E-state index in [1.54, 1.807) is 12.1 Å². The minimum Gasteiger partial charge on any atom is -0.495 e. The van der Waals surface area contributed by atoms with E-state index in [-0.39, 0.29) is 28.6 Å². The average molecular weight is 473 g/mol. The standard InChI is InChI=1S/C24H28N2O6S/c1-30-21-10-6-17(15-23(21)33(28,29)25-18-7-8-18)24(27)26-11-2-4-19(26)16-5-9-20-22(14-16)32-13-3-12-31-20/h5-6,9-10,14-15,18-19,25H,2-4,7-8,11-13H2,1H3/t19-/m1/s1. The van der Waals surface area contributed by atoms with Crippen molar-refractivity contribution in [2.75, 3.05) is 26.9 Å². The highest BCUT2D eigenvalue weighted by Crippen LogP contribution is 2.39. The Morgan fingerprint density at radius 1 is 1.03 bits per heavy atom. The first-order valence-corrected chi connectivity index (χ1v) is 12.9. The van der Waals surface area contributed by atoms with Crippen LogP contribution in [0.25, 0.3) is 0 Å². The first-order valence-electron chi connectivity index (χ1n) is 11.4. The Morgan fingerprint density at radius 3 is 2.58 bits per heavy atom. The summed E-state index contributed by atoms with van der Waals surface area (Å²) in [5.74, 6) is 1.45. The molecule has 2 heterocycles. The summed E-state index contributed by atoms with van der Waals surface area (Å²) in [6.45, 7) is 1.83. The second kappa shape index (κ2) is 8.87. The molecule has 0 unspecified atom stereocenters. The molecule has 1 saturated carbocycles. The van der Waals surface area contributed by atoms with Crippen molar-refractivity contribution >= 4 is 15.9 Å². The number of hydrogen-bond acceptors (Lipinski definition) is 6. The summed E-state index contributed by atoms with van der Waals surface area (Å²) in [5.41, 5.74) is 1.31. The molecule has 1 aliphatic carbocycles. The number of methoxy groups -OCH3 is 1. The van der Waals surface area contributed by atoms with Crippen molar-refractivity contribution in [2.24, 2.45) is 0 Å².